The van der Waals surface area contributed by atoms with Crippen LogP contribution in [0.4, 0.5) is 13.2 Å². The van der Waals surface area contributed by atoms with Crippen LogP contribution < -0.4 is 0 Å². The van der Waals surface area contributed by atoms with Crippen molar-refractivity contribution in [1.82, 2.24) is 10.2 Å². The highest BCUT2D eigenvalue weighted by molar-refractivity contribution is 6.17. The van der Waals surface area contributed by atoms with E-state index in [-0.39, 0.29) is 18.2 Å². The number of aryl methyl sites for hydroxylation is 2. The van der Waals surface area contributed by atoms with Crippen molar-refractivity contribution < 1.29 is 17.6 Å². The zero-order chi connectivity index (χ0) is 10.6. The minimum absolute atomic E-state index is 0.00226. The summed E-state index contributed by atoms with van der Waals surface area (Å²) in [6.45, 7) is 0. The molecule has 1 aromatic rings. The lowest BCUT2D eigenvalue weighted by Crippen LogP contribution is -2.08. The summed E-state index contributed by atoms with van der Waals surface area (Å²) in [6.07, 6.45) is -5.05. The number of aromatic nitrogens is 2. The Balaban J connectivity index is 2.44. The Labute approximate surface area is 83.3 Å². The van der Waals surface area contributed by atoms with Gasteiger partial charge in [0.2, 0.25) is 11.8 Å². The Morgan fingerprint density at radius 1 is 1.14 bits per heavy atom. The van der Waals surface area contributed by atoms with Gasteiger partial charge in [0.25, 0.3) is 0 Å². The van der Waals surface area contributed by atoms with Gasteiger partial charge < -0.3 is 4.42 Å². The van der Waals surface area contributed by atoms with Gasteiger partial charge >= 0.3 is 6.18 Å². The van der Waals surface area contributed by atoms with Crippen LogP contribution in [0.3, 0.4) is 0 Å². The molecule has 0 radical (unpaired) electrons. The predicted molar refractivity (Wildman–Crippen MR) is 43.1 cm³/mol. The van der Waals surface area contributed by atoms with E-state index >= 15 is 0 Å². The molecule has 0 aliphatic rings. The van der Waals surface area contributed by atoms with E-state index in [0.29, 0.717) is 12.3 Å². The second-order valence-corrected chi connectivity index (χ2v) is 3.02. The normalized spacial score (nSPS) is 12.0. The first-order valence-electron chi connectivity index (χ1n) is 3.95. The molecule has 0 unspecified atom stereocenters. The van der Waals surface area contributed by atoms with Crippen LogP contribution in [0.2, 0.25) is 0 Å². The Morgan fingerprint density at radius 3 is 2.21 bits per heavy atom. The van der Waals surface area contributed by atoms with E-state index < -0.39 is 12.6 Å². The molecule has 0 aliphatic carbocycles. The van der Waals surface area contributed by atoms with Crippen molar-refractivity contribution >= 4 is 11.6 Å². The SMILES string of the molecule is FC(F)(F)CCc1nnc(CCCl)o1. The average molecular weight is 229 g/mol. The second kappa shape index (κ2) is 4.63. The highest BCUT2D eigenvalue weighted by Crippen LogP contribution is 2.21. The van der Waals surface area contributed by atoms with E-state index in [9.17, 15) is 13.2 Å². The van der Waals surface area contributed by atoms with Gasteiger partial charge in [-0.3, -0.25) is 0 Å². The maximum Gasteiger partial charge on any atom is 0.389 e. The van der Waals surface area contributed by atoms with Gasteiger partial charge in [-0.15, -0.1) is 21.8 Å². The Bertz CT molecular complexity index is 287. The molecule has 1 rings (SSSR count). The van der Waals surface area contributed by atoms with Gasteiger partial charge in [0.1, 0.15) is 0 Å². The standard InChI is InChI=1S/C7H8ClF3N2O/c8-4-2-6-13-12-5(14-6)1-3-7(9,10)11/h1-4H2. The minimum atomic E-state index is -4.19. The summed E-state index contributed by atoms with van der Waals surface area (Å²) in [5.74, 6) is 0.584. The summed E-state index contributed by atoms with van der Waals surface area (Å²) in [5, 5.41) is 7.00. The maximum absolute atomic E-state index is 11.8. The van der Waals surface area contributed by atoms with E-state index in [1.54, 1.807) is 0 Å². The molecule has 0 saturated carbocycles. The number of hydrogen-bond donors (Lipinski definition) is 0. The van der Waals surface area contributed by atoms with Crippen molar-refractivity contribution in [3.05, 3.63) is 11.8 Å². The predicted octanol–water partition coefficient (Wildman–Crippen LogP) is 2.35. The molecule has 0 N–H and O–H groups in total. The van der Waals surface area contributed by atoms with Gasteiger partial charge in [0.15, 0.2) is 0 Å². The molecule has 3 nitrogen and oxygen atoms in total. The second-order valence-electron chi connectivity index (χ2n) is 2.64. The zero-order valence-electron chi connectivity index (χ0n) is 7.14. The first kappa shape index (κ1) is 11.3. The van der Waals surface area contributed by atoms with Crippen molar-refractivity contribution in [3.8, 4) is 0 Å². The Morgan fingerprint density at radius 2 is 1.71 bits per heavy atom. The molecule has 1 heterocycles. The third kappa shape index (κ3) is 3.95. The molecule has 0 saturated heterocycles. The maximum atomic E-state index is 11.8. The van der Waals surface area contributed by atoms with E-state index in [2.05, 4.69) is 10.2 Å². The third-order valence-corrected chi connectivity index (χ3v) is 1.63. The highest BCUT2D eigenvalue weighted by Gasteiger charge is 2.27. The van der Waals surface area contributed by atoms with Gasteiger partial charge in [0.05, 0.1) is 6.42 Å². The molecule has 0 spiro atoms. The molecule has 7 heteroatoms. The molecule has 0 bridgehead atoms. The van der Waals surface area contributed by atoms with Gasteiger partial charge in [0, 0.05) is 18.7 Å². The molecular weight excluding hydrogens is 221 g/mol. The lowest BCUT2D eigenvalue weighted by molar-refractivity contribution is -0.134. The quantitative estimate of drug-likeness (QED) is 0.743. The summed E-state index contributed by atoms with van der Waals surface area (Å²) in [6, 6.07) is 0. The van der Waals surface area contributed by atoms with Gasteiger partial charge in [-0.2, -0.15) is 13.2 Å². The third-order valence-electron chi connectivity index (χ3n) is 1.44. The molecule has 0 amide bonds. The Kier molecular flexibility index (Phi) is 3.74. The summed E-state index contributed by atoms with van der Waals surface area (Å²) in [4.78, 5) is 0. The van der Waals surface area contributed by atoms with Crippen LogP contribution in [0.1, 0.15) is 18.2 Å². The summed E-state index contributed by atoms with van der Waals surface area (Å²) in [5.41, 5.74) is 0. The molecule has 0 aliphatic heterocycles. The lowest BCUT2D eigenvalue weighted by Gasteiger charge is -2.01. The van der Waals surface area contributed by atoms with Crippen LogP contribution in [0.5, 0.6) is 0 Å². The van der Waals surface area contributed by atoms with Crippen molar-refractivity contribution in [3.63, 3.8) is 0 Å². The first-order valence-corrected chi connectivity index (χ1v) is 4.48. The van der Waals surface area contributed by atoms with Crippen LogP contribution in [-0.2, 0) is 12.8 Å². The average Bonchev–Trinajstić information content (AvgIpc) is 2.49. The van der Waals surface area contributed by atoms with Gasteiger partial charge in [-0.25, -0.2) is 0 Å². The minimum Gasteiger partial charge on any atom is -0.425 e. The van der Waals surface area contributed by atoms with Gasteiger partial charge in [-0.05, 0) is 0 Å². The fraction of sp³-hybridized carbons (Fsp3) is 0.714. The molecular formula is C7H8ClF3N2O. The van der Waals surface area contributed by atoms with Crippen LogP contribution in [0.25, 0.3) is 0 Å². The van der Waals surface area contributed by atoms with Crippen molar-refractivity contribution in [2.45, 2.75) is 25.4 Å². The number of halogens is 4. The molecule has 1 aromatic heterocycles. The monoisotopic (exact) mass is 228 g/mol. The van der Waals surface area contributed by atoms with Crippen LogP contribution in [0.15, 0.2) is 4.42 Å². The zero-order valence-corrected chi connectivity index (χ0v) is 7.90. The smallest absolute Gasteiger partial charge is 0.389 e. The molecule has 80 valence electrons. The number of rotatable bonds is 4. The van der Waals surface area contributed by atoms with Crippen LogP contribution in [0, 0.1) is 0 Å². The fourth-order valence-electron chi connectivity index (χ4n) is 0.820. The van der Waals surface area contributed by atoms with Crippen molar-refractivity contribution in [1.29, 1.82) is 0 Å². The largest absolute Gasteiger partial charge is 0.425 e. The van der Waals surface area contributed by atoms with E-state index in [0.717, 1.165) is 0 Å². The van der Waals surface area contributed by atoms with Crippen LogP contribution in [-0.4, -0.2) is 22.3 Å². The Hall–Kier alpha value is -0.780. The highest BCUT2D eigenvalue weighted by atomic mass is 35.5. The lowest BCUT2D eigenvalue weighted by atomic mass is 10.3. The van der Waals surface area contributed by atoms with Crippen molar-refractivity contribution in [2.75, 3.05) is 5.88 Å². The molecule has 14 heavy (non-hydrogen) atoms. The summed E-state index contributed by atoms with van der Waals surface area (Å²) < 4.78 is 40.3. The number of nitrogens with zero attached hydrogens (tertiary/aromatic N) is 2. The van der Waals surface area contributed by atoms with E-state index in [1.165, 1.54) is 0 Å². The summed E-state index contributed by atoms with van der Waals surface area (Å²) in [7, 11) is 0. The molecule has 0 atom stereocenters. The topological polar surface area (TPSA) is 38.9 Å². The first-order chi connectivity index (χ1) is 6.51. The fourth-order valence-corrected chi connectivity index (χ4v) is 0.982. The van der Waals surface area contributed by atoms with Gasteiger partial charge in [-0.1, -0.05) is 0 Å². The van der Waals surface area contributed by atoms with Crippen LogP contribution >= 0.6 is 11.6 Å². The van der Waals surface area contributed by atoms with E-state index in [4.69, 9.17) is 16.0 Å². The molecule has 0 aromatic carbocycles. The number of hydrogen-bond acceptors (Lipinski definition) is 3. The summed E-state index contributed by atoms with van der Waals surface area (Å²) >= 11 is 5.39. The van der Waals surface area contributed by atoms with Crippen molar-refractivity contribution in [2.24, 2.45) is 0 Å². The van der Waals surface area contributed by atoms with E-state index in [1.807, 2.05) is 0 Å². The molecule has 0 fully saturated rings. The number of alkyl halides is 4.